The van der Waals surface area contributed by atoms with Gasteiger partial charge in [0.15, 0.2) is 0 Å². The van der Waals surface area contributed by atoms with Crippen LogP contribution in [0.3, 0.4) is 0 Å². The fourth-order valence-corrected chi connectivity index (χ4v) is 14.4. The summed E-state index contributed by atoms with van der Waals surface area (Å²) in [5, 5.41) is 15.0. The molecule has 0 aliphatic carbocycles. The second kappa shape index (κ2) is 18.2. The highest BCUT2D eigenvalue weighted by Gasteiger charge is 2.25. The number of fused-ring (bicyclic) bond motifs is 18. The minimum Gasteiger partial charge on any atom is -0.309 e. The van der Waals surface area contributed by atoms with Gasteiger partial charge in [-0.1, -0.05) is 206 Å². The molecule has 4 aromatic heterocycles. The maximum atomic E-state index is 2.48. The lowest BCUT2D eigenvalue weighted by Crippen LogP contribution is -1.96. The molecule has 0 aliphatic heterocycles. The van der Waals surface area contributed by atoms with Gasteiger partial charge in [0.1, 0.15) is 0 Å². The third-order valence-corrected chi connectivity index (χ3v) is 17.9. The number of hydrogen-bond donors (Lipinski definition) is 0. The summed E-state index contributed by atoms with van der Waals surface area (Å²) < 4.78 is 9.82. The van der Waals surface area contributed by atoms with Crippen molar-refractivity contribution in [3.63, 3.8) is 0 Å². The van der Waals surface area contributed by atoms with Crippen molar-refractivity contribution < 1.29 is 0 Å². The average molecular weight is 1070 g/mol. The summed E-state index contributed by atoms with van der Waals surface area (Å²) in [7, 11) is 0. The highest BCUT2D eigenvalue weighted by molar-refractivity contribution is 6.34. The Kier molecular flexibility index (Phi) is 10.1. The van der Waals surface area contributed by atoms with Crippen LogP contribution in [-0.2, 0) is 0 Å². The minimum absolute atomic E-state index is 1.14. The molecule has 0 unspecified atom stereocenters. The molecule has 84 heavy (non-hydrogen) atoms. The fourth-order valence-electron chi connectivity index (χ4n) is 14.4. The molecule has 0 N–H and O–H groups in total. The van der Waals surface area contributed by atoms with Gasteiger partial charge in [0, 0.05) is 77.0 Å². The molecule has 18 rings (SSSR count). The molecule has 390 valence electrons. The summed E-state index contributed by atoms with van der Waals surface area (Å²) in [6, 6.07) is 112. The van der Waals surface area contributed by atoms with Crippen molar-refractivity contribution >= 4 is 109 Å². The summed E-state index contributed by atoms with van der Waals surface area (Å²) in [5.74, 6) is 0. The smallest absolute Gasteiger partial charge is 0.0625 e. The lowest BCUT2D eigenvalue weighted by Gasteiger charge is -2.15. The van der Waals surface area contributed by atoms with E-state index < -0.39 is 0 Å². The SMILES string of the molecule is c1ccc(-n2c3ccccc3c3c4cc(-c5ccc(-c6ccc(-c7cc8c(ccc9c8c8ccccc8n9-c8ccccc8)c8c9ccccc9n(-c9ccccc9)c78)cc6)cc5)c5c(c4ccc32)c2ccccc2n5-c2ccccc2)cc1. The Labute approximate surface area is 483 Å². The van der Waals surface area contributed by atoms with Crippen LogP contribution in [0.4, 0.5) is 0 Å². The molecule has 4 nitrogen and oxygen atoms in total. The normalized spacial score (nSPS) is 12.0. The molecule has 0 fully saturated rings. The van der Waals surface area contributed by atoms with Gasteiger partial charge in [0.25, 0.3) is 0 Å². The molecule has 4 heteroatoms. The van der Waals surface area contributed by atoms with E-state index in [0.29, 0.717) is 0 Å². The van der Waals surface area contributed by atoms with Crippen LogP contribution < -0.4 is 0 Å². The van der Waals surface area contributed by atoms with Gasteiger partial charge < -0.3 is 18.3 Å². The van der Waals surface area contributed by atoms with E-state index in [-0.39, 0.29) is 0 Å². The molecule has 0 saturated carbocycles. The van der Waals surface area contributed by atoms with Gasteiger partial charge in [-0.2, -0.15) is 0 Å². The molecule has 18 aromatic rings. The minimum atomic E-state index is 1.14. The molecule has 0 amide bonds. The van der Waals surface area contributed by atoms with E-state index in [1.54, 1.807) is 0 Å². The van der Waals surface area contributed by atoms with Gasteiger partial charge in [-0.15, -0.1) is 0 Å². The number of hydrogen-bond acceptors (Lipinski definition) is 0. The summed E-state index contributed by atoms with van der Waals surface area (Å²) in [6.45, 7) is 0. The Hall–Kier alpha value is -11.2. The topological polar surface area (TPSA) is 19.7 Å². The van der Waals surface area contributed by atoms with Crippen LogP contribution in [0, 0.1) is 0 Å². The predicted molar refractivity (Wildman–Crippen MR) is 355 cm³/mol. The van der Waals surface area contributed by atoms with Crippen LogP contribution in [0.15, 0.2) is 303 Å². The van der Waals surface area contributed by atoms with E-state index in [2.05, 4.69) is 322 Å². The first kappa shape index (κ1) is 46.5. The van der Waals surface area contributed by atoms with Crippen molar-refractivity contribution in [2.24, 2.45) is 0 Å². The largest absolute Gasteiger partial charge is 0.309 e. The fraction of sp³-hybridized carbons (Fsp3) is 0. The van der Waals surface area contributed by atoms with Crippen LogP contribution in [0.5, 0.6) is 0 Å². The Bertz CT molecular complexity index is 5310. The molecule has 0 spiro atoms. The van der Waals surface area contributed by atoms with E-state index in [4.69, 9.17) is 0 Å². The lowest BCUT2D eigenvalue weighted by atomic mass is 9.92. The Balaban J connectivity index is 0.840. The second-order valence-electron chi connectivity index (χ2n) is 22.3. The Morgan fingerprint density at radius 2 is 0.440 bits per heavy atom. The maximum Gasteiger partial charge on any atom is 0.0625 e. The zero-order valence-electron chi connectivity index (χ0n) is 45.7. The van der Waals surface area contributed by atoms with Crippen LogP contribution in [-0.4, -0.2) is 18.3 Å². The van der Waals surface area contributed by atoms with Crippen molar-refractivity contribution in [2.45, 2.75) is 0 Å². The van der Waals surface area contributed by atoms with Gasteiger partial charge in [-0.25, -0.2) is 0 Å². The molecular formula is C80H50N4. The molecule has 14 aromatic carbocycles. The quantitative estimate of drug-likeness (QED) is 0.152. The first-order valence-corrected chi connectivity index (χ1v) is 29.0. The summed E-state index contributed by atoms with van der Waals surface area (Å²) in [6.07, 6.45) is 0. The molecule has 0 bridgehead atoms. The van der Waals surface area contributed by atoms with Crippen molar-refractivity contribution in [1.29, 1.82) is 0 Å². The third-order valence-electron chi connectivity index (χ3n) is 17.9. The van der Waals surface area contributed by atoms with Gasteiger partial charge in [-0.3, -0.25) is 0 Å². The van der Waals surface area contributed by atoms with Gasteiger partial charge in [0.2, 0.25) is 0 Å². The number of nitrogens with zero attached hydrogens (tertiary/aromatic N) is 4. The van der Waals surface area contributed by atoms with Crippen molar-refractivity contribution in [2.75, 3.05) is 0 Å². The molecule has 0 aliphatic rings. The lowest BCUT2D eigenvalue weighted by molar-refractivity contribution is 1.18. The molecule has 0 saturated heterocycles. The van der Waals surface area contributed by atoms with Crippen LogP contribution >= 0.6 is 0 Å². The molecule has 0 radical (unpaired) electrons. The second-order valence-corrected chi connectivity index (χ2v) is 22.3. The molecule has 0 atom stereocenters. The predicted octanol–water partition coefficient (Wildman–Crippen LogP) is 21.4. The third kappa shape index (κ3) is 6.71. The Morgan fingerprint density at radius 3 is 0.786 bits per heavy atom. The number of para-hydroxylation sites is 8. The highest BCUT2D eigenvalue weighted by atomic mass is 15.0. The van der Waals surface area contributed by atoms with E-state index in [1.807, 2.05) is 0 Å². The first-order valence-electron chi connectivity index (χ1n) is 29.0. The van der Waals surface area contributed by atoms with Crippen molar-refractivity contribution in [1.82, 2.24) is 18.3 Å². The van der Waals surface area contributed by atoms with Gasteiger partial charge in [0.05, 0.1) is 44.1 Å². The van der Waals surface area contributed by atoms with Gasteiger partial charge >= 0.3 is 0 Å². The number of rotatable bonds is 7. The number of benzene rings is 14. The Morgan fingerprint density at radius 1 is 0.167 bits per heavy atom. The van der Waals surface area contributed by atoms with E-state index in [0.717, 1.165) is 33.9 Å². The van der Waals surface area contributed by atoms with Crippen LogP contribution in [0.1, 0.15) is 0 Å². The highest BCUT2D eigenvalue weighted by Crippen LogP contribution is 2.49. The summed E-state index contributed by atoms with van der Waals surface area (Å²) in [4.78, 5) is 0. The van der Waals surface area contributed by atoms with Crippen LogP contribution in [0.25, 0.3) is 165 Å². The zero-order chi connectivity index (χ0) is 55.0. The zero-order valence-corrected chi connectivity index (χ0v) is 45.7. The monoisotopic (exact) mass is 1070 g/mol. The van der Waals surface area contributed by atoms with E-state index >= 15 is 0 Å². The van der Waals surface area contributed by atoms with Crippen LogP contribution in [0.2, 0.25) is 0 Å². The molecular weight excluding hydrogens is 1020 g/mol. The van der Waals surface area contributed by atoms with E-state index in [1.165, 1.54) is 131 Å². The molecule has 4 heterocycles. The standard InChI is InChI=1S/C80H50N4/c1-5-21-55(22-6-1)81-69-33-17-13-29-61(69)75-67-49-65(79-77(59(67)45-47-73(75)81)63-31-15-19-35-71(63)83(79)57-25-9-3-10-26-57)53-41-37-51(38-42-53)52-39-43-54(44-40-52)66-50-68-60(78-64-32-16-20-36-72(64)84(80(66)78)58-27-11-4-12-28-58)46-48-74-76(68)62-30-14-18-34-70(62)82(74)56-23-7-2-8-24-56/h1-50H. The van der Waals surface area contributed by atoms with Crippen molar-refractivity contribution in [3.8, 4) is 56.1 Å². The summed E-state index contributed by atoms with van der Waals surface area (Å²) in [5.41, 5.74) is 21.2. The average Bonchev–Trinajstić information content (AvgIpc) is 1.88. The van der Waals surface area contributed by atoms with Crippen molar-refractivity contribution in [3.05, 3.63) is 303 Å². The van der Waals surface area contributed by atoms with Gasteiger partial charge in [-0.05, 0) is 141 Å². The first-order chi connectivity index (χ1) is 41.7. The van der Waals surface area contributed by atoms with E-state index in [9.17, 15) is 0 Å². The number of aromatic nitrogens is 4. The summed E-state index contributed by atoms with van der Waals surface area (Å²) >= 11 is 0. The maximum absolute atomic E-state index is 2.48.